The number of hydrogen-bond acceptors (Lipinski definition) is 3. The topological polar surface area (TPSA) is 58.5 Å². The first-order chi connectivity index (χ1) is 9.33. The maximum absolute atomic E-state index is 12.0. The highest BCUT2D eigenvalue weighted by Crippen LogP contribution is 2.24. The number of hydrogen-bond donors (Lipinski definition) is 1. The van der Waals surface area contributed by atoms with E-state index in [9.17, 15) is 8.42 Å². The van der Waals surface area contributed by atoms with Crippen molar-refractivity contribution in [3.05, 3.63) is 29.8 Å². The van der Waals surface area contributed by atoms with E-state index in [4.69, 9.17) is 0 Å². The van der Waals surface area contributed by atoms with Gasteiger partial charge in [-0.1, -0.05) is 39.8 Å². The normalized spacial score (nSPS) is 18.9. The van der Waals surface area contributed by atoms with Crippen molar-refractivity contribution in [2.45, 2.75) is 32.6 Å². The Morgan fingerprint density at radius 2 is 1.70 bits per heavy atom. The van der Waals surface area contributed by atoms with Crippen molar-refractivity contribution in [3.63, 3.8) is 0 Å². The van der Waals surface area contributed by atoms with Gasteiger partial charge in [0.15, 0.2) is 0 Å². The van der Waals surface area contributed by atoms with Crippen molar-refractivity contribution in [3.8, 4) is 0 Å². The highest BCUT2D eigenvalue weighted by molar-refractivity contribution is 7.90. The summed E-state index contributed by atoms with van der Waals surface area (Å²) >= 11 is 0. The molecule has 110 valence electrons. The number of sulfonamides is 1. The number of aliphatic imine (C=N–C) groups is 1. The summed E-state index contributed by atoms with van der Waals surface area (Å²) in [7, 11) is -3.42. The summed E-state index contributed by atoms with van der Waals surface area (Å²) in [5.41, 5.74) is 0.679. The van der Waals surface area contributed by atoms with Gasteiger partial charge in [-0.3, -0.25) is 9.71 Å². The van der Waals surface area contributed by atoms with Crippen LogP contribution in [0.2, 0.25) is 0 Å². The van der Waals surface area contributed by atoms with Crippen LogP contribution >= 0.6 is 0 Å². The smallest absolute Gasteiger partial charge is 0.263 e. The van der Waals surface area contributed by atoms with Crippen molar-refractivity contribution < 1.29 is 8.42 Å². The molecule has 0 unspecified atom stereocenters. The molecular formula is C15H22N2O2S. The van der Waals surface area contributed by atoms with Gasteiger partial charge in [-0.25, -0.2) is 8.42 Å². The SMILES string of the molecule is CC(C)C(CN=C1NS(=O)(=O)c2ccccc21)C(C)C. The summed E-state index contributed by atoms with van der Waals surface area (Å²) in [6.07, 6.45) is 0. The van der Waals surface area contributed by atoms with E-state index in [0.717, 1.165) is 0 Å². The molecule has 0 aromatic heterocycles. The lowest BCUT2D eigenvalue weighted by Crippen LogP contribution is -2.25. The minimum Gasteiger partial charge on any atom is -0.267 e. The van der Waals surface area contributed by atoms with Crippen molar-refractivity contribution in [2.24, 2.45) is 22.7 Å². The lowest BCUT2D eigenvalue weighted by atomic mass is 9.86. The predicted molar refractivity (Wildman–Crippen MR) is 81.3 cm³/mol. The summed E-state index contributed by atoms with van der Waals surface area (Å²) in [6, 6.07) is 6.97. The zero-order valence-electron chi connectivity index (χ0n) is 12.4. The summed E-state index contributed by atoms with van der Waals surface area (Å²) in [6.45, 7) is 9.35. The van der Waals surface area contributed by atoms with E-state index in [0.29, 0.717) is 40.6 Å². The molecule has 1 aromatic rings. The summed E-state index contributed by atoms with van der Waals surface area (Å²) in [5.74, 6) is 1.96. The maximum Gasteiger partial charge on any atom is 0.263 e. The van der Waals surface area contributed by atoms with Gasteiger partial charge in [0.25, 0.3) is 10.0 Å². The van der Waals surface area contributed by atoms with Gasteiger partial charge in [-0.2, -0.15) is 0 Å². The number of fused-ring (bicyclic) bond motifs is 1. The van der Waals surface area contributed by atoms with Crippen molar-refractivity contribution in [1.82, 2.24) is 4.72 Å². The third-order valence-corrected chi connectivity index (χ3v) is 5.23. The van der Waals surface area contributed by atoms with Gasteiger partial charge in [0.1, 0.15) is 5.84 Å². The van der Waals surface area contributed by atoms with Gasteiger partial charge in [0.05, 0.1) is 4.90 Å². The molecule has 1 heterocycles. The second kappa shape index (κ2) is 5.56. The van der Waals surface area contributed by atoms with E-state index in [1.54, 1.807) is 18.2 Å². The predicted octanol–water partition coefficient (Wildman–Crippen LogP) is 2.65. The Bertz CT molecular complexity index is 611. The molecule has 4 nitrogen and oxygen atoms in total. The van der Waals surface area contributed by atoms with Crippen LogP contribution in [0.15, 0.2) is 34.2 Å². The maximum atomic E-state index is 12.0. The molecule has 20 heavy (non-hydrogen) atoms. The van der Waals surface area contributed by atoms with Crippen LogP contribution in [0.3, 0.4) is 0 Å². The van der Waals surface area contributed by atoms with Crippen LogP contribution in [0.5, 0.6) is 0 Å². The van der Waals surface area contributed by atoms with Crippen LogP contribution in [-0.4, -0.2) is 20.8 Å². The molecule has 5 heteroatoms. The Labute approximate surface area is 121 Å². The molecule has 1 aliphatic heterocycles. The van der Waals surface area contributed by atoms with Gasteiger partial charge in [-0.05, 0) is 29.9 Å². The summed E-state index contributed by atoms with van der Waals surface area (Å²) in [4.78, 5) is 4.85. The van der Waals surface area contributed by atoms with Crippen LogP contribution in [0.1, 0.15) is 33.3 Å². The van der Waals surface area contributed by atoms with Crippen molar-refractivity contribution >= 4 is 15.9 Å². The number of nitrogens with one attached hydrogen (secondary N) is 1. The fourth-order valence-electron chi connectivity index (χ4n) is 2.64. The fourth-order valence-corrected chi connectivity index (χ4v) is 3.89. The average Bonchev–Trinajstić information content (AvgIpc) is 2.61. The first-order valence-corrected chi connectivity index (χ1v) is 8.48. The van der Waals surface area contributed by atoms with Gasteiger partial charge in [0.2, 0.25) is 0 Å². The number of amidine groups is 1. The molecule has 0 radical (unpaired) electrons. The molecule has 1 aromatic carbocycles. The third-order valence-electron chi connectivity index (χ3n) is 3.84. The lowest BCUT2D eigenvalue weighted by Gasteiger charge is -2.22. The molecule has 0 atom stereocenters. The lowest BCUT2D eigenvalue weighted by molar-refractivity contribution is 0.298. The molecule has 1 N–H and O–H groups in total. The van der Waals surface area contributed by atoms with E-state index in [2.05, 4.69) is 37.4 Å². The molecule has 0 spiro atoms. The molecule has 0 saturated carbocycles. The molecule has 0 bridgehead atoms. The van der Waals surface area contributed by atoms with Crippen LogP contribution in [0.4, 0.5) is 0 Å². The van der Waals surface area contributed by atoms with E-state index in [1.165, 1.54) is 0 Å². The molecule has 0 saturated heterocycles. The minimum atomic E-state index is -3.42. The first kappa shape index (κ1) is 15.0. The highest BCUT2D eigenvalue weighted by Gasteiger charge is 2.30. The molecule has 0 amide bonds. The highest BCUT2D eigenvalue weighted by atomic mass is 32.2. The largest absolute Gasteiger partial charge is 0.267 e. The minimum absolute atomic E-state index is 0.324. The number of rotatable bonds is 4. The standard InChI is InChI=1S/C15H22N2O2S/c1-10(2)13(11(3)4)9-16-15-12-7-5-6-8-14(12)20(18,19)17-15/h5-8,10-11,13H,9H2,1-4H3,(H,16,17). The molecule has 0 fully saturated rings. The van der Waals surface area contributed by atoms with Gasteiger partial charge >= 0.3 is 0 Å². The zero-order valence-corrected chi connectivity index (χ0v) is 13.2. The quantitative estimate of drug-likeness (QED) is 0.928. The van der Waals surface area contributed by atoms with Crippen LogP contribution in [0.25, 0.3) is 0 Å². The van der Waals surface area contributed by atoms with Gasteiger partial charge < -0.3 is 0 Å². The first-order valence-electron chi connectivity index (χ1n) is 6.99. The summed E-state index contributed by atoms with van der Waals surface area (Å²) in [5, 5.41) is 0. The van der Waals surface area contributed by atoms with E-state index < -0.39 is 10.0 Å². The Morgan fingerprint density at radius 1 is 1.10 bits per heavy atom. The van der Waals surface area contributed by atoms with E-state index >= 15 is 0 Å². The molecule has 1 aliphatic rings. The average molecular weight is 294 g/mol. The van der Waals surface area contributed by atoms with Crippen LogP contribution in [-0.2, 0) is 10.0 Å². The monoisotopic (exact) mass is 294 g/mol. The van der Waals surface area contributed by atoms with Crippen molar-refractivity contribution in [1.29, 1.82) is 0 Å². The van der Waals surface area contributed by atoms with E-state index in [1.807, 2.05) is 6.07 Å². The van der Waals surface area contributed by atoms with Gasteiger partial charge in [0, 0.05) is 12.1 Å². The molecule has 2 rings (SSSR count). The van der Waals surface area contributed by atoms with Crippen LogP contribution < -0.4 is 4.72 Å². The number of benzene rings is 1. The van der Waals surface area contributed by atoms with Gasteiger partial charge in [-0.15, -0.1) is 0 Å². The summed E-state index contributed by atoms with van der Waals surface area (Å²) < 4.78 is 26.5. The second-order valence-electron chi connectivity index (χ2n) is 5.94. The van der Waals surface area contributed by atoms with Crippen molar-refractivity contribution in [2.75, 3.05) is 6.54 Å². The third kappa shape index (κ3) is 2.87. The molecule has 0 aliphatic carbocycles. The number of nitrogens with zero attached hydrogens (tertiary/aromatic N) is 1. The Morgan fingerprint density at radius 3 is 2.30 bits per heavy atom. The zero-order chi connectivity index (χ0) is 14.9. The Hall–Kier alpha value is -1.36. The Kier molecular flexibility index (Phi) is 4.18. The van der Waals surface area contributed by atoms with E-state index in [-0.39, 0.29) is 0 Å². The Balaban J connectivity index is 2.29. The fraction of sp³-hybridized carbons (Fsp3) is 0.533. The van der Waals surface area contributed by atoms with Crippen LogP contribution in [0, 0.1) is 17.8 Å². The molecular weight excluding hydrogens is 272 g/mol. The second-order valence-corrected chi connectivity index (χ2v) is 7.59.